The van der Waals surface area contributed by atoms with Crippen molar-refractivity contribution in [2.24, 2.45) is 0 Å². The lowest BCUT2D eigenvalue weighted by molar-refractivity contribution is 0.0391. The minimum atomic E-state index is -0.198. The van der Waals surface area contributed by atoms with Gasteiger partial charge in [0.1, 0.15) is 17.5 Å². The maximum atomic E-state index is 5.49. The highest BCUT2D eigenvalue weighted by Crippen LogP contribution is 2.19. The molecule has 0 aliphatic heterocycles. The van der Waals surface area contributed by atoms with Crippen LogP contribution in [-0.2, 0) is 9.47 Å². The molecule has 78 valence electrons. The molecule has 0 unspecified atom stereocenters. The van der Waals surface area contributed by atoms with Crippen LogP contribution in [0.3, 0.4) is 0 Å². The van der Waals surface area contributed by atoms with Gasteiger partial charge in [0.25, 0.3) is 0 Å². The van der Waals surface area contributed by atoms with Crippen molar-refractivity contribution in [3.63, 3.8) is 0 Å². The number of halogens is 1. The fraction of sp³-hybridized carbons (Fsp3) is 0.800. The van der Waals surface area contributed by atoms with Gasteiger partial charge in [-0.25, -0.2) is 0 Å². The van der Waals surface area contributed by atoms with E-state index in [0.29, 0.717) is 4.67 Å². The topological polar surface area (TPSA) is 18.5 Å². The molecule has 0 aromatic rings. The lowest BCUT2D eigenvalue weighted by atomic mass is 10.2. The van der Waals surface area contributed by atoms with E-state index >= 15 is 0 Å². The van der Waals surface area contributed by atoms with Gasteiger partial charge in [-0.3, -0.25) is 0 Å². The summed E-state index contributed by atoms with van der Waals surface area (Å²) in [5.74, 6) is 0. The van der Waals surface area contributed by atoms with Crippen LogP contribution in [0.5, 0.6) is 0 Å². The molecule has 0 rings (SSSR count). The first-order valence-electron chi connectivity index (χ1n) is 4.33. The second-order valence-electron chi connectivity index (χ2n) is 4.87. The molecular weight excluding hydrogens is 232 g/mol. The smallest absolute Gasteiger partial charge is 0.197 e. The van der Waals surface area contributed by atoms with Crippen LogP contribution in [0.15, 0.2) is 10.9 Å². The van der Waals surface area contributed by atoms with Crippen molar-refractivity contribution >= 4 is 15.9 Å². The van der Waals surface area contributed by atoms with Crippen LogP contribution in [0.2, 0.25) is 0 Å². The fourth-order valence-electron chi connectivity index (χ4n) is 0.540. The molecule has 0 amide bonds. The van der Waals surface area contributed by atoms with Gasteiger partial charge in [-0.2, -0.15) is 0 Å². The van der Waals surface area contributed by atoms with Crippen LogP contribution >= 0.6 is 15.9 Å². The van der Waals surface area contributed by atoms with Crippen LogP contribution in [0.4, 0.5) is 0 Å². The number of hydrogen-bond acceptors (Lipinski definition) is 2. The van der Waals surface area contributed by atoms with E-state index in [4.69, 9.17) is 9.47 Å². The van der Waals surface area contributed by atoms with Crippen LogP contribution < -0.4 is 0 Å². The lowest BCUT2D eigenvalue weighted by Crippen LogP contribution is -2.19. The quantitative estimate of drug-likeness (QED) is 0.695. The highest BCUT2D eigenvalue weighted by Gasteiger charge is 2.14. The first kappa shape index (κ1) is 12.8. The molecule has 0 spiro atoms. The summed E-state index contributed by atoms with van der Waals surface area (Å²) in [6, 6.07) is 0. The highest BCUT2D eigenvalue weighted by atomic mass is 79.9. The summed E-state index contributed by atoms with van der Waals surface area (Å²) in [5, 5.41) is 0. The van der Waals surface area contributed by atoms with Gasteiger partial charge in [0.2, 0.25) is 0 Å². The van der Waals surface area contributed by atoms with Crippen molar-refractivity contribution in [1.29, 1.82) is 0 Å². The Morgan fingerprint density at radius 1 is 1.00 bits per heavy atom. The van der Waals surface area contributed by atoms with Crippen molar-refractivity contribution in [2.75, 3.05) is 0 Å². The fourth-order valence-corrected chi connectivity index (χ4v) is 1.12. The summed E-state index contributed by atoms with van der Waals surface area (Å²) in [7, 11) is 0. The lowest BCUT2D eigenvalue weighted by Gasteiger charge is -2.22. The Balaban J connectivity index is 4.05. The molecule has 0 fully saturated rings. The Labute approximate surface area is 89.4 Å². The molecule has 0 saturated carbocycles. The molecule has 0 saturated heterocycles. The Kier molecular flexibility index (Phi) is 4.30. The van der Waals surface area contributed by atoms with Crippen molar-refractivity contribution in [3.05, 3.63) is 10.9 Å². The van der Waals surface area contributed by atoms with Crippen LogP contribution in [0, 0.1) is 0 Å². The summed E-state index contributed by atoms with van der Waals surface area (Å²) < 4.78 is 11.5. The zero-order valence-electron chi connectivity index (χ0n) is 9.27. The van der Waals surface area contributed by atoms with Gasteiger partial charge in [-0.05, 0) is 57.5 Å². The van der Waals surface area contributed by atoms with Crippen LogP contribution in [0.1, 0.15) is 41.5 Å². The van der Waals surface area contributed by atoms with Gasteiger partial charge >= 0.3 is 0 Å². The Hall–Kier alpha value is -0.180. The normalized spacial score (nSPS) is 14.2. The molecule has 0 aromatic carbocycles. The predicted octanol–water partition coefficient (Wildman–Crippen LogP) is 3.81. The monoisotopic (exact) mass is 250 g/mol. The molecule has 0 aliphatic carbocycles. The minimum absolute atomic E-state index is 0.180. The third-order valence-electron chi connectivity index (χ3n) is 0.909. The Morgan fingerprint density at radius 2 is 1.46 bits per heavy atom. The van der Waals surface area contributed by atoms with Crippen molar-refractivity contribution in [3.8, 4) is 0 Å². The first-order chi connectivity index (χ1) is 5.60. The molecule has 0 radical (unpaired) electrons. The van der Waals surface area contributed by atoms with Crippen LogP contribution in [-0.4, -0.2) is 11.2 Å². The summed E-state index contributed by atoms with van der Waals surface area (Å²) in [6.07, 6.45) is 1.59. The SMILES string of the molecule is CC(C)(C)O/C=C(\Br)OC(C)(C)C. The number of hydrogen-bond donors (Lipinski definition) is 0. The highest BCUT2D eigenvalue weighted by molar-refractivity contribution is 9.11. The minimum Gasteiger partial charge on any atom is -0.491 e. The van der Waals surface area contributed by atoms with Gasteiger partial charge in [0.05, 0.1) is 0 Å². The van der Waals surface area contributed by atoms with Gasteiger partial charge in [0, 0.05) is 0 Å². The number of rotatable bonds is 2. The van der Waals surface area contributed by atoms with E-state index in [1.54, 1.807) is 6.26 Å². The van der Waals surface area contributed by atoms with Gasteiger partial charge < -0.3 is 9.47 Å². The molecule has 0 bridgehead atoms. The maximum Gasteiger partial charge on any atom is 0.197 e. The summed E-state index contributed by atoms with van der Waals surface area (Å²) in [4.78, 5) is 0. The Bertz CT molecular complexity index is 184. The van der Waals surface area contributed by atoms with E-state index in [-0.39, 0.29) is 11.2 Å². The summed E-state index contributed by atoms with van der Waals surface area (Å²) in [6.45, 7) is 11.9. The Morgan fingerprint density at radius 3 is 1.77 bits per heavy atom. The van der Waals surface area contributed by atoms with E-state index in [9.17, 15) is 0 Å². The van der Waals surface area contributed by atoms with E-state index in [1.165, 1.54) is 0 Å². The first-order valence-corrected chi connectivity index (χ1v) is 5.12. The van der Waals surface area contributed by atoms with Crippen molar-refractivity contribution < 1.29 is 9.47 Å². The molecule has 3 heteroatoms. The van der Waals surface area contributed by atoms with Crippen LogP contribution in [0.25, 0.3) is 0 Å². The summed E-state index contributed by atoms with van der Waals surface area (Å²) >= 11 is 3.28. The number of ether oxygens (including phenoxy) is 2. The second-order valence-corrected chi connectivity index (χ2v) is 5.65. The second kappa shape index (κ2) is 4.36. The van der Waals surface area contributed by atoms with E-state index in [1.807, 2.05) is 41.5 Å². The van der Waals surface area contributed by atoms with Crippen molar-refractivity contribution in [2.45, 2.75) is 52.7 Å². The zero-order valence-corrected chi connectivity index (χ0v) is 10.9. The standard InChI is InChI=1S/C10H19BrO2/c1-9(2,3)12-7-8(11)13-10(4,5)6/h7H,1-6H3/b8-7+. The van der Waals surface area contributed by atoms with Gasteiger partial charge in [0.15, 0.2) is 4.67 Å². The van der Waals surface area contributed by atoms with E-state index < -0.39 is 0 Å². The molecule has 2 nitrogen and oxygen atoms in total. The van der Waals surface area contributed by atoms with E-state index in [2.05, 4.69) is 15.9 Å². The van der Waals surface area contributed by atoms with Crippen molar-refractivity contribution in [1.82, 2.24) is 0 Å². The third kappa shape index (κ3) is 9.74. The molecule has 0 N–H and O–H groups in total. The average Bonchev–Trinajstić information content (AvgIpc) is 1.78. The molecule has 13 heavy (non-hydrogen) atoms. The zero-order chi connectivity index (χ0) is 10.7. The largest absolute Gasteiger partial charge is 0.491 e. The molecule has 0 aromatic heterocycles. The molecule has 0 atom stereocenters. The van der Waals surface area contributed by atoms with E-state index in [0.717, 1.165) is 0 Å². The third-order valence-corrected chi connectivity index (χ3v) is 1.26. The molecular formula is C10H19BrO2. The molecule has 0 aliphatic rings. The summed E-state index contributed by atoms with van der Waals surface area (Å²) in [5.41, 5.74) is -0.378. The molecule has 0 heterocycles. The average molecular weight is 251 g/mol. The maximum absolute atomic E-state index is 5.49. The predicted molar refractivity (Wildman–Crippen MR) is 58.7 cm³/mol. The van der Waals surface area contributed by atoms with Gasteiger partial charge in [-0.15, -0.1) is 0 Å². The van der Waals surface area contributed by atoms with Gasteiger partial charge in [-0.1, -0.05) is 0 Å².